The van der Waals surface area contributed by atoms with Crippen LogP contribution in [0.2, 0.25) is 10.0 Å². The number of nitrogens with zero attached hydrogens (tertiary/aromatic N) is 1. The SMILES string of the molecule is Cc1cc2c(c(OC(=O)N(CCc3ccc(Cl)c(Cl)c3)Cc3ccc(C(C)(C)C)cc3)c1)NCCC2.Cl. The zero-order valence-corrected chi connectivity index (χ0v) is 24.2. The summed E-state index contributed by atoms with van der Waals surface area (Å²) in [6, 6.07) is 18.1. The third kappa shape index (κ3) is 7.56. The fraction of sp³-hybridized carbons (Fsp3) is 0.367. The maximum absolute atomic E-state index is 13.5. The number of benzene rings is 3. The van der Waals surface area contributed by atoms with E-state index in [0.29, 0.717) is 35.3 Å². The summed E-state index contributed by atoms with van der Waals surface area (Å²) in [6.07, 6.45) is 2.33. The molecule has 37 heavy (non-hydrogen) atoms. The van der Waals surface area contributed by atoms with Crippen molar-refractivity contribution >= 4 is 47.4 Å². The van der Waals surface area contributed by atoms with Gasteiger partial charge in [0.15, 0.2) is 5.75 Å². The van der Waals surface area contributed by atoms with Gasteiger partial charge >= 0.3 is 6.09 Å². The van der Waals surface area contributed by atoms with Gasteiger partial charge in [-0.3, -0.25) is 0 Å². The van der Waals surface area contributed by atoms with Crippen molar-refractivity contribution in [3.05, 3.63) is 92.5 Å². The Morgan fingerprint density at radius 2 is 1.70 bits per heavy atom. The molecule has 1 amide bonds. The van der Waals surface area contributed by atoms with Gasteiger partial charge in [0, 0.05) is 19.6 Å². The topological polar surface area (TPSA) is 41.6 Å². The summed E-state index contributed by atoms with van der Waals surface area (Å²) >= 11 is 12.3. The summed E-state index contributed by atoms with van der Waals surface area (Å²) in [4.78, 5) is 15.3. The fourth-order valence-electron chi connectivity index (χ4n) is 4.48. The molecular formula is C30H35Cl3N2O2. The summed E-state index contributed by atoms with van der Waals surface area (Å²) in [7, 11) is 0. The van der Waals surface area contributed by atoms with Crippen molar-refractivity contribution in [2.75, 3.05) is 18.4 Å². The van der Waals surface area contributed by atoms with Gasteiger partial charge in [0.1, 0.15) is 0 Å². The van der Waals surface area contributed by atoms with Crippen LogP contribution in [0.15, 0.2) is 54.6 Å². The van der Waals surface area contributed by atoms with Crippen LogP contribution in [-0.4, -0.2) is 24.1 Å². The van der Waals surface area contributed by atoms with Gasteiger partial charge in [-0.15, -0.1) is 12.4 Å². The predicted octanol–water partition coefficient (Wildman–Crippen LogP) is 8.62. The summed E-state index contributed by atoms with van der Waals surface area (Å²) in [5, 5.41) is 4.45. The van der Waals surface area contributed by atoms with E-state index in [-0.39, 0.29) is 23.9 Å². The van der Waals surface area contributed by atoms with Crippen LogP contribution in [0.25, 0.3) is 0 Å². The molecule has 1 aliphatic heterocycles. The van der Waals surface area contributed by atoms with Crippen LogP contribution in [-0.2, 0) is 24.8 Å². The fourth-order valence-corrected chi connectivity index (χ4v) is 4.80. The van der Waals surface area contributed by atoms with Crippen molar-refractivity contribution in [1.29, 1.82) is 0 Å². The van der Waals surface area contributed by atoms with Gasteiger partial charge < -0.3 is 15.0 Å². The molecule has 0 spiro atoms. The minimum Gasteiger partial charge on any atom is -0.408 e. The molecule has 0 aromatic heterocycles. The first kappa shape index (κ1) is 29.2. The van der Waals surface area contributed by atoms with Crippen LogP contribution in [0.3, 0.4) is 0 Å². The van der Waals surface area contributed by atoms with Crippen molar-refractivity contribution in [2.24, 2.45) is 0 Å². The molecule has 0 fully saturated rings. The summed E-state index contributed by atoms with van der Waals surface area (Å²) in [6.45, 7) is 10.4. The van der Waals surface area contributed by atoms with Crippen LogP contribution >= 0.6 is 35.6 Å². The van der Waals surface area contributed by atoms with Gasteiger partial charge in [-0.1, -0.05) is 80.4 Å². The molecule has 3 aromatic carbocycles. The minimum absolute atomic E-state index is 0. The molecule has 1 heterocycles. The average Bonchev–Trinajstić information content (AvgIpc) is 2.83. The second-order valence-electron chi connectivity index (χ2n) is 10.6. The molecule has 0 unspecified atom stereocenters. The number of carbonyl (C=O) groups excluding carboxylic acids is 1. The summed E-state index contributed by atoms with van der Waals surface area (Å²) in [5.74, 6) is 0.595. The molecule has 1 aliphatic rings. The molecule has 0 atom stereocenters. The van der Waals surface area contributed by atoms with Gasteiger partial charge in [-0.05, 0) is 77.6 Å². The van der Waals surface area contributed by atoms with Gasteiger partial charge in [-0.25, -0.2) is 4.79 Å². The highest BCUT2D eigenvalue weighted by atomic mass is 35.5. The molecular weight excluding hydrogens is 527 g/mol. The number of hydrogen-bond donors (Lipinski definition) is 1. The maximum Gasteiger partial charge on any atom is 0.415 e. The number of rotatable bonds is 6. The molecule has 4 nitrogen and oxygen atoms in total. The molecule has 1 N–H and O–H groups in total. The van der Waals surface area contributed by atoms with E-state index < -0.39 is 0 Å². The molecule has 7 heteroatoms. The van der Waals surface area contributed by atoms with E-state index in [1.165, 1.54) is 11.1 Å². The van der Waals surface area contributed by atoms with Crippen molar-refractivity contribution in [2.45, 2.75) is 58.9 Å². The normalized spacial score (nSPS) is 12.7. The van der Waals surface area contributed by atoms with Crippen molar-refractivity contribution in [1.82, 2.24) is 4.90 Å². The smallest absolute Gasteiger partial charge is 0.408 e. The maximum atomic E-state index is 13.5. The monoisotopic (exact) mass is 560 g/mol. The number of fused-ring (bicyclic) bond motifs is 1. The molecule has 4 rings (SSSR count). The van der Waals surface area contributed by atoms with Gasteiger partial charge in [-0.2, -0.15) is 0 Å². The molecule has 0 saturated heterocycles. The highest BCUT2D eigenvalue weighted by Gasteiger charge is 2.22. The van der Waals surface area contributed by atoms with Crippen LogP contribution in [0.1, 0.15) is 55.0 Å². The van der Waals surface area contributed by atoms with E-state index in [4.69, 9.17) is 27.9 Å². The second-order valence-corrected chi connectivity index (χ2v) is 11.4. The highest BCUT2D eigenvalue weighted by Crippen LogP contribution is 2.34. The second kappa shape index (κ2) is 12.4. The Labute approximate surface area is 236 Å². The average molecular weight is 562 g/mol. The molecule has 0 radical (unpaired) electrons. The largest absolute Gasteiger partial charge is 0.415 e. The third-order valence-corrected chi connectivity index (χ3v) is 7.30. The molecule has 3 aromatic rings. The van der Waals surface area contributed by atoms with E-state index in [9.17, 15) is 4.79 Å². The number of hydrogen-bond acceptors (Lipinski definition) is 3. The van der Waals surface area contributed by atoms with E-state index in [1.54, 1.807) is 11.0 Å². The van der Waals surface area contributed by atoms with Gasteiger partial charge in [0.2, 0.25) is 0 Å². The number of halogens is 3. The molecule has 0 bridgehead atoms. The minimum atomic E-state index is -0.366. The number of aryl methyl sites for hydroxylation is 2. The Morgan fingerprint density at radius 3 is 2.38 bits per heavy atom. The van der Waals surface area contributed by atoms with E-state index in [1.807, 2.05) is 25.1 Å². The first-order valence-corrected chi connectivity index (χ1v) is 13.2. The Hall–Kier alpha value is -2.40. The van der Waals surface area contributed by atoms with Crippen molar-refractivity contribution < 1.29 is 9.53 Å². The Morgan fingerprint density at radius 1 is 1.00 bits per heavy atom. The van der Waals surface area contributed by atoms with Gasteiger partial charge in [0.25, 0.3) is 0 Å². The van der Waals surface area contributed by atoms with Crippen molar-refractivity contribution in [3.63, 3.8) is 0 Å². The van der Waals surface area contributed by atoms with Crippen LogP contribution in [0, 0.1) is 6.92 Å². The lowest BCUT2D eigenvalue weighted by Gasteiger charge is -2.26. The third-order valence-electron chi connectivity index (χ3n) is 6.56. The van der Waals surface area contributed by atoms with E-state index in [0.717, 1.165) is 41.8 Å². The van der Waals surface area contributed by atoms with Crippen molar-refractivity contribution in [3.8, 4) is 5.75 Å². The van der Waals surface area contributed by atoms with E-state index in [2.05, 4.69) is 56.4 Å². The lowest BCUT2D eigenvalue weighted by atomic mass is 9.87. The quantitative estimate of drug-likeness (QED) is 0.327. The van der Waals surface area contributed by atoms with Gasteiger partial charge in [0.05, 0.1) is 15.7 Å². The number of ether oxygens (including phenoxy) is 1. The van der Waals surface area contributed by atoms with Crippen LogP contribution in [0.5, 0.6) is 5.75 Å². The Balaban J connectivity index is 0.00000380. The number of amides is 1. The standard InChI is InChI=1S/C30H34Cl2N2O2.ClH/c1-20-16-23-6-5-14-33-28(23)27(17-20)36-29(35)34(15-13-21-9-12-25(31)26(32)18-21)19-22-7-10-24(11-8-22)30(2,3)4;/h7-12,16-18,33H,5-6,13-15,19H2,1-4H3;1H. The first-order valence-electron chi connectivity index (χ1n) is 12.5. The summed E-state index contributed by atoms with van der Waals surface area (Å²) < 4.78 is 6.01. The predicted molar refractivity (Wildman–Crippen MR) is 157 cm³/mol. The number of anilines is 1. The zero-order chi connectivity index (χ0) is 25.9. The Bertz CT molecular complexity index is 1240. The number of nitrogens with one attached hydrogen (secondary N) is 1. The Kier molecular flexibility index (Phi) is 9.80. The molecule has 0 aliphatic carbocycles. The zero-order valence-electron chi connectivity index (χ0n) is 21.9. The van der Waals surface area contributed by atoms with E-state index >= 15 is 0 Å². The molecule has 198 valence electrons. The highest BCUT2D eigenvalue weighted by molar-refractivity contribution is 6.42. The lowest BCUT2D eigenvalue weighted by Crippen LogP contribution is -2.35. The number of carbonyl (C=O) groups is 1. The lowest BCUT2D eigenvalue weighted by molar-refractivity contribution is 0.150. The van der Waals surface area contributed by atoms with Crippen LogP contribution < -0.4 is 10.1 Å². The first-order chi connectivity index (χ1) is 17.1. The molecule has 0 saturated carbocycles. The summed E-state index contributed by atoms with van der Waals surface area (Å²) in [5.41, 5.74) is 6.61. The van der Waals surface area contributed by atoms with Crippen LogP contribution in [0.4, 0.5) is 10.5 Å².